The molecule has 0 bridgehead atoms. The lowest BCUT2D eigenvalue weighted by Gasteiger charge is -2.31. The lowest BCUT2D eigenvalue weighted by atomic mass is 9.81. The summed E-state index contributed by atoms with van der Waals surface area (Å²) < 4.78 is 27.9. The number of carbonyl (C=O) groups is 5. The van der Waals surface area contributed by atoms with Crippen LogP contribution in [0.5, 0.6) is 0 Å². The second-order valence-corrected chi connectivity index (χ2v) is 18.9. The monoisotopic (exact) mass is 986 g/mol. The van der Waals surface area contributed by atoms with Crippen LogP contribution in [0.4, 0.5) is 14.9 Å². The van der Waals surface area contributed by atoms with Crippen LogP contribution in [-0.4, -0.2) is 69.6 Å². The number of benzene rings is 3. The van der Waals surface area contributed by atoms with E-state index in [1.165, 1.54) is 10.6 Å². The number of amides is 4. The number of nitrogens with two attached hydrogens (primary N) is 2. The Morgan fingerprint density at radius 3 is 2.38 bits per heavy atom. The zero-order valence-corrected chi connectivity index (χ0v) is 40.7. The minimum absolute atomic E-state index is 0.0250. The van der Waals surface area contributed by atoms with E-state index < -0.39 is 59.0 Å². The summed E-state index contributed by atoms with van der Waals surface area (Å²) in [7, 11) is 0. The molecule has 0 unspecified atom stereocenters. The third-order valence-electron chi connectivity index (χ3n) is 14.1. The molecule has 0 saturated heterocycles. The first-order chi connectivity index (χ1) is 34.7. The first-order valence-corrected chi connectivity index (χ1v) is 24.9. The third kappa shape index (κ3) is 10.9. The molecule has 380 valence electrons. The highest BCUT2D eigenvalue weighted by molar-refractivity contribution is 5.98. The number of aryl methyl sites for hydroxylation is 1. The van der Waals surface area contributed by atoms with E-state index in [1.54, 1.807) is 44.2 Å². The van der Waals surface area contributed by atoms with Crippen LogP contribution in [0.2, 0.25) is 0 Å². The summed E-state index contributed by atoms with van der Waals surface area (Å²) in [6.45, 7) is 4.02. The van der Waals surface area contributed by atoms with Crippen LogP contribution in [0.25, 0.3) is 22.3 Å². The fraction of sp³-hybridized carbons (Fsp3) is 0.426. The molecule has 4 amide bonds. The van der Waals surface area contributed by atoms with Crippen molar-refractivity contribution in [3.63, 3.8) is 0 Å². The molecular formula is C54H63FN8O9. The molecule has 0 fully saturated rings. The molecule has 0 saturated carbocycles. The maximum Gasteiger partial charge on any atom is 0.407 e. The average molecular weight is 987 g/mol. The van der Waals surface area contributed by atoms with Crippen molar-refractivity contribution in [1.82, 2.24) is 25.5 Å². The van der Waals surface area contributed by atoms with Crippen LogP contribution in [0, 0.1) is 12.7 Å². The van der Waals surface area contributed by atoms with Gasteiger partial charge in [-0.25, -0.2) is 19.0 Å². The van der Waals surface area contributed by atoms with E-state index in [1.807, 2.05) is 30.3 Å². The molecule has 2 aromatic heterocycles. The average Bonchev–Trinajstić information content (AvgIpc) is 3.75. The van der Waals surface area contributed by atoms with E-state index in [-0.39, 0.29) is 56.1 Å². The van der Waals surface area contributed by atoms with Gasteiger partial charge in [0, 0.05) is 41.1 Å². The number of esters is 1. The minimum atomic E-state index is -2.03. The maximum atomic E-state index is 15.4. The fourth-order valence-corrected chi connectivity index (χ4v) is 10.1. The van der Waals surface area contributed by atoms with E-state index in [0.717, 1.165) is 30.4 Å². The molecular weight excluding hydrogens is 924 g/mol. The highest BCUT2D eigenvalue weighted by atomic mass is 19.1. The van der Waals surface area contributed by atoms with Gasteiger partial charge in [0.2, 0.25) is 17.7 Å². The van der Waals surface area contributed by atoms with Crippen molar-refractivity contribution in [2.45, 2.75) is 134 Å². The van der Waals surface area contributed by atoms with Gasteiger partial charge in [-0.1, -0.05) is 62.2 Å². The van der Waals surface area contributed by atoms with Gasteiger partial charge in [0.05, 0.1) is 35.1 Å². The van der Waals surface area contributed by atoms with Gasteiger partial charge in [0.15, 0.2) is 5.60 Å². The summed E-state index contributed by atoms with van der Waals surface area (Å²) in [5.41, 5.74) is 14.8. The van der Waals surface area contributed by atoms with Gasteiger partial charge in [-0.2, -0.15) is 0 Å². The lowest BCUT2D eigenvalue weighted by Crippen LogP contribution is -2.53. The highest BCUT2D eigenvalue weighted by Gasteiger charge is 2.46. The van der Waals surface area contributed by atoms with Gasteiger partial charge in [0.1, 0.15) is 31.1 Å². The van der Waals surface area contributed by atoms with Crippen molar-refractivity contribution in [3.8, 4) is 11.4 Å². The Kier molecular flexibility index (Phi) is 16.1. The van der Waals surface area contributed by atoms with E-state index >= 15 is 4.39 Å². The van der Waals surface area contributed by atoms with Gasteiger partial charge in [-0.3, -0.25) is 19.2 Å². The van der Waals surface area contributed by atoms with E-state index in [4.69, 9.17) is 25.9 Å². The zero-order valence-electron chi connectivity index (χ0n) is 40.7. The highest BCUT2D eigenvalue weighted by Crippen LogP contribution is 2.46. The molecule has 3 aromatic carbocycles. The number of hydrogen-bond donors (Lipinski definition) is 7. The van der Waals surface area contributed by atoms with Crippen LogP contribution in [0.15, 0.2) is 71.5 Å². The first kappa shape index (κ1) is 51.3. The van der Waals surface area contributed by atoms with E-state index in [0.29, 0.717) is 102 Å². The van der Waals surface area contributed by atoms with Crippen molar-refractivity contribution < 1.29 is 42.9 Å². The minimum Gasteiger partial charge on any atom is -0.458 e. The number of pyridine rings is 2. The van der Waals surface area contributed by atoms with E-state index in [2.05, 4.69) is 21.3 Å². The van der Waals surface area contributed by atoms with Gasteiger partial charge >= 0.3 is 12.1 Å². The van der Waals surface area contributed by atoms with Crippen LogP contribution in [0.3, 0.4) is 0 Å². The molecule has 17 nitrogen and oxygen atoms in total. The second-order valence-electron chi connectivity index (χ2n) is 18.9. The molecule has 4 heterocycles. The number of aromatic nitrogens is 2. The Bertz CT molecular complexity index is 2930. The maximum absolute atomic E-state index is 15.4. The number of hydrogen-bond acceptors (Lipinski definition) is 12. The topological polar surface area (TPSA) is 259 Å². The molecule has 0 spiro atoms. The molecule has 8 rings (SSSR count). The zero-order chi connectivity index (χ0) is 51.1. The largest absolute Gasteiger partial charge is 0.458 e. The Labute approximate surface area is 416 Å². The van der Waals surface area contributed by atoms with Crippen molar-refractivity contribution in [1.29, 1.82) is 0 Å². The van der Waals surface area contributed by atoms with Crippen molar-refractivity contribution in [2.75, 3.05) is 18.4 Å². The van der Waals surface area contributed by atoms with Crippen LogP contribution in [0.1, 0.15) is 122 Å². The Hall–Kier alpha value is -7.02. The summed E-state index contributed by atoms with van der Waals surface area (Å²) in [6, 6.07) is 16.6. The number of rotatable bonds is 21. The third-order valence-corrected chi connectivity index (χ3v) is 14.1. The van der Waals surface area contributed by atoms with Crippen molar-refractivity contribution in [2.24, 2.45) is 11.5 Å². The quantitative estimate of drug-likeness (QED) is 0.0342. The van der Waals surface area contributed by atoms with Crippen molar-refractivity contribution in [3.05, 3.63) is 127 Å². The van der Waals surface area contributed by atoms with Crippen molar-refractivity contribution >= 4 is 46.4 Å². The Morgan fingerprint density at radius 2 is 1.64 bits per heavy atom. The molecule has 0 radical (unpaired) electrons. The van der Waals surface area contributed by atoms with Gasteiger partial charge in [-0.05, 0) is 117 Å². The number of nitrogens with zero attached hydrogens (tertiary/aromatic N) is 2. The predicted molar refractivity (Wildman–Crippen MR) is 268 cm³/mol. The Morgan fingerprint density at radius 1 is 0.903 bits per heavy atom. The standard InChI is InChI=1S/C54H63FN8O9/c1-3-54(70)38-26-44-48-36(28-63(44)51(67)37(38)30-71-52(54)68)47-40(22-21-35-31(2)39(55)27-42(60-48)46(35)47)62-53(69)72-29-33-17-19-34(20-18-33)58-49(65)41(15-10-12-24-57)61-50(66)43(25-32-13-7-6-8-14-32)59-45(64)16-9-4-5-11-23-56/h6-8,13-14,17-20,26-27,40-41,43,70H,3-5,9-12,15-16,21-25,28-30,56-57H2,1-2H3,(H,58,65)(H,59,64)(H,61,66)(H,62,69)/t40-,41-,43-,54-/m0/s1. The number of fused-ring (bicyclic) bond motifs is 5. The molecule has 5 aromatic rings. The summed E-state index contributed by atoms with van der Waals surface area (Å²) in [6.07, 6.45) is 5.46. The fourth-order valence-electron chi connectivity index (χ4n) is 10.1. The number of ether oxygens (including phenoxy) is 2. The lowest BCUT2D eigenvalue weighted by molar-refractivity contribution is -0.172. The molecule has 72 heavy (non-hydrogen) atoms. The van der Waals surface area contributed by atoms with Gasteiger partial charge in [-0.15, -0.1) is 0 Å². The summed E-state index contributed by atoms with van der Waals surface area (Å²) >= 11 is 0. The number of halogens is 1. The molecule has 3 aliphatic rings. The number of nitrogens with one attached hydrogen (secondary N) is 4. The molecule has 2 aliphatic heterocycles. The smallest absolute Gasteiger partial charge is 0.407 e. The van der Waals surface area contributed by atoms with Gasteiger partial charge < -0.3 is 51.9 Å². The van der Waals surface area contributed by atoms with Crippen LogP contribution < -0.4 is 38.3 Å². The first-order valence-electron chi connectivity index (χ1n) is 24.9. The van der Waals surface area contributed by atoms with Gasteiger partial charge in [0.25, 0.3) is 5.56 Å². The van der Waals surface area contributed by atoms with Crippen LogP contribution >= 0.6 is 0 Å². The SMILES string of the molecule is CC[C@@]1(O)C(=O)OCc2c1cc1n(c2=O)Cc2c-1nc1cc(F)c(C)c3c1c2[C@@H](NC(=O)OCc1ccc(NC(=O)[C@H](CCCCN)NC(=O)[C@H](Cc2ccccc2)NC(=O)CCCCCCN)cc1)CC3. The van der Waals surface area contributed by atoms with Crippen LogP contribution in [-0.2, 0) is 66.9 Å². The number of cyclic esters (lactones) is 1. The number of unbranched alkanes of at least 4 members (excludes halogenated alkanes) is 4. The molecule has 18 heteroatoms. The number of carbonyl (C=O) groups excluding carboxylic acids is 5. The number of alkyl carbamates (subject to hydrolysis) is 1. The Balaban J connectivity index is 0.938. The normalized spacial score (nSPS) is 17.2. The predicted octanol–water partition coefficient (Wildman–Crippen LogP) is 5.63. The summed E-state index contributed by atoms with van der Waals surface area (Å²) in [4.78, 5) is 86.0. The molecule has 1 aliphatic carbocycles. The summed E-state index contributed by atoms with van der Waals surface area (Å²) in [5, 5.41) is 23.8. The molecule has 4 atom stereocenters. The summed E-state index contributed by atoms with van der Waals surface area (Å²) in [5.74, 6) is -2.45. The number of anilines is 1. The second kappa shape index (κ2) is 22.6. The van der Waals surface area contributed by atoms with E-state index in [9.17, 15) is 33.9 Å². The molecule has 9 N–H and O–H groups in total. The number of aliphatic hydroxyl groups is 1.